The van der Waals surface area contributed by atoms with Crippen LogP contribution < -0.4 is 5.32 Å². The van der Waals surface area contributed by atoms with Crippen molar-refractivity contribution in [2.24, 2.45) is 0 Å². The molecule has 2 rings (SSSR count). The molecule has 0 aliphatic rings. The van der Waals surface area contributed by atoms with Crippen LogP contribution in [0.5, 0.6) is 0 Å². The molecule has 6 nitrogen and oxygen atoms in total. The number of carbonyl (C=O) groups is 1. The molecule has 21 heavy (non-hydrogen) atoms. The van der Waals surface area contributed by atoms with Gasteiger partial charge in [-0.3, -0.25) is 0 Å². The summed E-state index contributed by atoms with van der Waals surface area (Å²) in [5.74, 6) is 0.117. The van der Waals surface area contributed by atoms with Gasteiger partial charge in [-0.25, -0.2) is 19.7 Å². The van der Waals surface area contributed by atoms with Gasteiger partial charge in [0.2, 0.25) is 5.95 Å². The maximum atomic E-state index is 11.8. The maximum Gasteiger partial charge on any atom is 0.350 e. The molecule has 0 fully saturated rings. The molecule has 0 radical (unpaired) electrons. The van der Waals surface area contributed by atoms with Crippen LogP contribution in [0, 0.1) is 6.92 Å². The van der Waals surface area contributed by atoms with E-state index in [9.17, 15) is 4.79 Å². The number of hydrogen-bond donors (Lipinski definition) is 1. The molecule has 0 aromatic carbocycles. The summed E-state index contributed by atoms with van der Waals surface area (Å²) < 4.78 is 5.01. The fourth-order valence-corrected chi connectivity index (χ4v) is 2.69. The third kappa shape index (κ3) is 3.89. The molecule has 0 saturated heterocycles. The SMILES string of the molecule is CCOC(=O)c1sc([C@@H](C)Nc2ncc(Cl)cn2)nc1C. The Hall–Kier alpha value is -1.73. The van der Waals surface area contributed by atoms with Gasteiger partial charge in [-0.1, -0.05) is 11.6 Å². The minimum absolute atomic E-state index is 0.127. The number of aryl methyl sites for hydroxylation is 1. The molecule has 2 aromatic heterocycles. The zero-order valence-corrected chi connectivity index (χ0v) is 13.5. The molecular weight excluding hydrogens is 312 g/mol. The second-order valence-corrected chi connectivity index (χ2v) is 5.75. The summed E-state index contributed by atoms with van der Waals surface area (Å²) in [5, 5.41) is 4.36. The zero-order chi connectivity index (χ0) is 15.4. The van der Waals surface area contributed by atoms with Crippen LogP contribution in [0.15, 0.2) is 12.4 Å². The van der Waals surface area contributed by atoms with Crippen molar-refractivity contribution in [2.45, 2.75) is 26.8 Å². The largest absolute Gasteiger partial charge is 0.462 e. The van der Waals surface area contributed by atoms with Crippen LogP contribution in [0.3, 0.4) is 0 Å². The van der Waals surface area contributed by atoms with Gasteiger partial charge < -0.3 is 10.1 Å². The molecule has 0 unspecified atom stereocenters. The van der Waals surface area contributed by atoms with Crippen LogP contribution in [0.4, 0.5) is 5.95 Å². The van der Waals surface area contributed by atoms with E-state index in [0.29, 0.717) is 28.1 Å². The van der Waals surface area contributed by atoms with E-state index in [-0.39, 0.29) is 12.0 Å². The van der Waals surface area contributed by atoms with Gasteiger partial charge in [0.1, 0.15) is 9.88 Å². The fraction of sp³-hybridized carbons (Fsp3) is 0.385. The van der Waals surface area contributed by atoms with Gasteiger partial charge in [-0.15, -0.1) is 11.3 Å². The van der Waals surface area contributed by atoms with Crippen LogP contribution in [0.25, 0.3) is 0 Å². The molecule has 1 atom stereocenters. The average molecular weight is 327 g/mol. The Morgan fingerprint density at radius 1 is 1.48 bits per heavy atom. The third-order valence-electron chi connectivity index (χ3n) is 2.61. The third-order valence-corrected chi connectivity index (χ3v) is 4.13. The highest BCUT2D eigenvalue weighted by Crippen LogP contribution is 2.26. The molecule has 2 heterocycles. The lowest BCUT2D eigenvalue weighted by atomic mass is 10.3. The van der Waals surface area contributed by atoms with E-state index in [0.717, 1.165) is 5.01 Å². The monoisotopic (exact) mass is 326 g/mol. The van der Waals surface area contributed by atoms with Crippen molar-refractivity contribution in [1.82, 2.24) is 15.0 Å². The Morgan fingerprint density at radius 3 is 2.76 bits per heavy atom. The lowest BCUT2D eigenvalue weighted by Crippen LogP contribution is -2.08. The Labute approximate surface area is 131 Å². The first-order valence-corrected chi connectivity index (χ1v) is 7.59. The smallest absolute Gasteiger partial charge is 0.350 e. The van der Waals surface area contributed by atoms with Gasteiger partial charge in [-0.2, -0.15) is 0 Å². The highest BCUT2D eigenvalue weighted by atomic mass is 35.5. The number of anilines is 1. The van der Waals surface area contributed by atoms with Gasteiger partial charge in [0.05, 0.1) is 35.8 Å². The number of carbonyl (C=O) groups excluding carboxylic acids is 1. The fourth-order valence-electron chi connectivity index (χ4n) is 1.63. The molecule has 0 saturated carbocycles. The molecule has 0 amide bonds. The number of thiazole rings is 1. The molecule has 112 valence electrons. The predicted octanol–water partition coefficient (Wildman–Crippen LogP) is 3.24. The van der Waals surface area contributed by atoms with E-state index in [2.05, 4.69) is 20.3 Å². The van der Waals surface area contributed by atoms with Crippen molar-refractivity contribution in [2.75, 3.05) is 11.9 Å². The van der Waals surface area contributed by atoms with Crippen molar-refractivity contribution in [3.8, 4) is 0 Å². The van der Waals surface area contributed by atoms with Gasteiger partial charge >= 0.3 is 5.97 Å². The molecule has 0 aliphatic heterocycles. The van der Waals surface area contributed by atoms with Gasteiger partial charge in [-0.05, 0) is 20.8 Å². The number of rotatable bonds is 5. The standard InChI is InChI=1S/C13H15ClN4O2S/c1-4-20-12(19)10-7(2)17-11(21-10)8(3)18-13-15-5-9(14)6-16-13/h5-6,8H,4H2,1-3H3,(H,15,16,18)/t8-/m1/s1. The first-order valence-electron chi connectivity index (χ1n) is 6.39. The molecular formula is C13H15ClN4O2S. The summed E-state index contributed by atoms with van der Waals surface area (Å²) in [6.45, 7) is 5.83. The Balaban J connectivity index is 2.12. The van der Waals surface area contributed by atoms with Crippen molar-refractivity contribution in [3.63, 3.8) is 0 Å². The van der Waals surface area contributed by atoms with E-state index < -0.39 is 0 Å². The van der Waals surface area contributed by atoms with Crippen molar-refractivity contribution < 1.29 is 9.53 Å². The molecule has 0 bridgehead atoms. The quantitative estimate of drug-likeness (QED) is 0.850. The number of halogens is 1. The van der Waals surface area contributed by atoms with Gasteiger partial charge in [0.25, 0.3) is 0 Å². The van der Waals surface area contributed by atoms with Crippen LogP contribution in [0.2, 0.25) is 5.02 Å². The Morgan fingerprint density at radius 2 is 2.14 bits per heavy atom. The summed E-state index contributed by atoms with van der Waals surface area (Å²) in [6.07, 6.45) is 3.03. The van der Waals surface area contributed by atoms with Crippen LogP contribution in [-0.4, -0.2) is 27.5 Å². The number of hydrogen-bond acceptors (Lipinski definition) is 7. The summed E-state index contributed by atoms with van der Waals surface area (Å²) in [7, 11) is 0. The molecule has 0 aliphatic carbocycles. The van der Waals surface area contributed by atoms with E-state index in [1.54, 1.807) is 13.8 Å². The lowest BCUT2D eigenvalue weighted by molar-refractivity contribution is 0.0531. The van der Waals surface area contributed by atoms with Gasteiger partial charge in [0.15, 0.2) is 0 Å². The van der Waals surface area contributed by atoms with Crippen molar-refractivity contribution >= 4 is 34.9 Å². The van der Waals surface area contributed by atoms with E-state index in [1.165, 1.54) is 23.7 Å². The van der Waals surface area contributed by atoms with E-state index in [1.807, 2.05) is 6.92 Å². The highest BCUT2D eigenvalue weighted by molar-refractivity contribution is 7.13. The van der Waals surface area contributed by atoms with Gasteiger partial charge in [0, 0.05) is 0 Å². The molecule has 2 aromatic rings. The minimum Gasteiger partial charge on any atom is -0.462 e. The van der Waals surface area contributed by atoms with E-state index in [4.69, 9.17) is 16.3 Å². The highest BCUT2D eigenvalue weighted by Gasteiger charge is 2.19. The first-order chi connectivity index (χ1) is 10.0. The predicted molar refractivity (Wildman–Crippen MR) is 81.9 cm³/mol. The molecule has 8 heteroatoms. The zero-order valence-electron chi connectivity index (χ0n) is 11.9. The average Bonchev–Trinajstić information content (AvgIpc) is 2.84. The van der Waals surface area contributed by atoms with Crippen molar-refractivity contribution in [1.29, 1.82) is 0 Å². The van der Waals surface area contributed by atoms with Crippen LogP contribution in [-0.2, 0) is 4.74 Å². The summed E-state index contributed by atoms with van der Waals surface area (Å²) in [6, 6.07) is -0.127. The summed E-state index contributed by atoms with van der Waals surface area (Å²) in [5.41, 5.74) is 0.666. The number of ether oxygens (including phenoxy) is 1. The first kappa shape index (κ1) is 15.7. The normalized spacial score (nSPS) is 12.0. The Bertz CT molecular complexity index is 630. The maximum absolute atomic E-state index is 11.8. The van der Waals surface area contributed by atoms with E-state index >= 15 is 0 Å². The second-order valence-electron chi connectivity index (χ2n) is 4.28. The van der Waals surface area contributed by atoms with Crippen LogP contribution in [0.1, 0.15) is 40.3 Å². The summed E-state index contributed by atoms with van der Waals surface area (Å²) in [4.78, 5) is 24.8. The lowest BCUT2D eigenvalue weighted by Gasteiger charge is -2.10. The topological polar surface area (TPSA) is 77.0 Å². The van der Waals surface area contributed by atoms with Crippen molar-refractivity contribution in [3.05, 3.63) is 33.0 Å². The second kappa shape index (κ2) is 6.82. The number of esters is 1. The molecule has 1 N–H and O–H groups in total. The van der Waals surface area contributed by atoms with Crippen LogP contribution >= 0.6 is 22.9 Å². The molecule has 0 spiro atoms. The number of nitrogens with one attached hydrogen (secondary N) is 1. The number of aromatic nitrogens is 3. The summed E-state index contributed by atoms with van der Waals surface area (Å²) >= 11 is 7.05. The Kier molecular flexibility index (Phi) is 5.08. The number of nitrogens with zero attached hydrogens (tertiary/aromatic N) is 3. The minimum atomic E-state index is -0.339.